The Morgan fingerprint density at radius 1 is 0.366 bits per heavy atom. The van der Waals surface area contributed by atoms with Gasteiger partial charge in [0.2, 0.25) is 29.1 Å². The first-order chi connectivity index (χ1) is 33.1. The van der Waals surface area contributed by atoms with Crippen LogP contribution in [-0.2, 0) is 24.2 Å². The van der Waals surface area contributed by atoms with Gasteiger partial charge in [-0.05, 0) is 34.4 Å². The van der Waals surface area contributed by atoms with E-state index in [9.17, 15) is 26.3 Å². The fraction of sp³-hybridized carbons (Fsp3) is 0.0667. The fourth-order valence-electron chi connectivity index (χ4n) is 8.31. The number of fused-ring (bicyclic) bond motifs is 10. The fourth-order valence-corrected chi connectivity index (χ4v) is 8.31. The average molecular weight is 1070 g/mol. The normalized spacial score (nSPS) is 14.8. The van der Waals surface area contributed by atoms with E-state index in [1.54, 1.807) is 0 Å². The zero-order valence-electron chi connectivity index (χ0n) is 34.1. The summed E-state index contributed by atoms with van der Waals surface area (Å²) in [6.07, 6.45) is -3.22. The molecule has 6 heterocycles. The average Bonchev–Trinajstić information content (AvgIpc) is 4.19. The molecule has 0 saturated heterocycles. The van der Waals surface area contributed by atoms with E-state index < -0.39 is 218 Å². The summed E-state index contributed by atoms with van der Waals surface area (Å²) in [5.74, 6) is -50.7. The Hall–Kier alpha value is -7.21. The minimum absolute atomic E-state index is 0. The summed E-state index contributed by atoms with van der Waals surface area (Å²) in [5, 5.41) is 0. The van der Waals surface area contributed by atoms with Crippen LogP contribution in [0.2, 0.25) is 0 Å². The van der Waals surface area contributed by atoms with Crippen LogP contribution in [0.3, 0.4) is 0 Å². The summed E-state index contributed by atoms with van der Waals surface area (Å²) in [5.41, 5.74) is -20.2. The number of nitrogens with zero attached hydrogens (tertiary/aromatic N) is 4. The Morgan fingerprint density at radius 2 is 0.662 bits per heavy atom. The van der Waals surface area contributed by atoms with E-state index in [-0.39, 0.29) is 19.5 Å². The van der Waals surface area contributed by atoms with E-state index in [4.69, 9.17) is 9.47 Å². The number of rotatable bonds is 4. The third-order valence-electron chi connectivity index (χ3n) is 11.4. The van der Waals surface area contributed by atoms with Crippen molar-refractivity contribution in [3.8, 4) is 50.3 Å². The summed E-state index contributed by atoms with van der Waals surface area (Å²) in [6.45, 7) is 0. The number of benzene rings is 4. The molecule has 0 radical (unpaired) electrons. The molecule has 3 aromatic heterocycles. The van der Waals surface area contributed by atoms with Crippen LogP contribution >= 0.6 is 0 Å². The first kappa shape index (κ1) is 48.8. The second kappa shape index (κ2) is 17.0. The molecule has 3 aliphatic heterocycles. The van der Waals surface area contributed by atoms with Crippen LogP contribution in [0, 0.1) is 111 Å². The summed E-state index contributed by atoms with van der Waals surface area (Å²) in [7, 11) is 0.754. The largest absolute Gasteiger partial charge is 2.00 e. The molecule has 7 aromatic rings. The van der Waals surface area contributed by atoms with Gasteiger partial charge in [0, 0.05) is 7.11 Å². The molecule has 358 valence electrons. The molecule has 0 unspecified atom stereocenters. The molecular formula is C45H11F19N4O2Zn. The van der Waals surface area contributed by atoms with Gasteiger partial charge in [-0.15, -0.1) is 22.1 Å². The van der Waals surface area contributed by atoms with Gasteiger partial charge in [-0.2, -0.15) is 4.39 Å². The van der Waals surface area contributed by atoms with Gasteiger partial charge in [-0.1, -0.05) is 24.3 Å². The van der Waals surface area contributed by atoms with Crippen molar-refractivity contribution in [1.82, 2.24) is 19.9 Å². The standard InChI is InChI=1S/C45H11F19N4O2.Zn/c1-69-44-41-16(20-26(50)33(57)38(62)34(58)27(20)51)12-6-4-10(66-12)14(18-22(46)29(53)36(60)30(54)23(18)47)8-2-3-9(65-8)15(19-24(48)31(55)37(61)32(56)25(19)49)11-5-7-13(67-11)17-21-28(52)35(59)39(63)40(64)43(21)70-45(44)42(17)68-41;/h2-7,44-45H,1H3;/q-2;+2/t44-,45+;/m0./s1. The van der Waals surface area contributed by atoms with Crippen molar-refractivity contribution in [1.29, 1.82) is 0 Å². The summed E-state index contributed by atoms with van der Waals surface area (Å²) < 4.78 is 302. The zero-order valence-corrected chi connectivity index (χ0v) is 37.1. The van der Waals surface area contributed by atoms with Gasteiger partial charge in [0.15, 0.2) is 93.3 Å². The first-order valence-electron chi connectivity index (χ1n) is 19.1. The molecule has 0 amide bonds. The number of hydrogen-bond donors (Lipinski definition) is 0. The predicted octanol–water partition coefficient (Wildman–Crippen LogP) is 12.9. The summed E-state index contributed by atoms with van der Waals surface area (Å²) >= 11 is 0. The van der Waals surface area contributed by atoms with Crippen LogP contribution < -0.4 is 14.7 Å². The molecule has 0 N–H and O–H groups in total. The predicted molar refractivity (Wildman–Crippen MR) is 202 cm³/mol. The number of methoxy groups -OCH3 is 1. The Bertz CT molecular complexity index is 3690. The summed E-state index contributed by atoms with van der Waals surface area (Å²) in [6, 6.07) is 2.54. The van der Waals surface area contributed by atoms with Crippen molar-refractivity contribution < 1.29 is 112 Å². The smallest absolute Gasteiger partial charge is 0.657 e. The second-order valence-electron chi connectivity index (χ2n) is 15.0. The first-order valence-corrected chi connectivity index (χ1v) is 19.1. The van der Waals surface area contributed by atoms with Crippen LogP contribution in [0.25, 0.3) is 78.7 Å². The molecule has 0 aliphatic carbocycles. The second-order valence-corrected chi connectivity index (χ2v) is 15.0. The van der Waals surface area contributed by atoms with Crippen LogP contribution in [-0.4, -0.2) is 17.1 Å². The molecule has 0 saturated carbocycles. The maximum Gasteiger partial charge on any atom is 2.00 e. The third-order valence-corrected chi connectivity index (χ3v) is 11.4. The minimum Gasteiger partial charge on any atom is -0.657 e. The molecule has 0 spiro atoms. The Balaban J connectivity index is 0.00000624. The van der Waals surface area contributed by atoms with Gasteiger partial charge in [-0.25, -0.2) is 89.0 Å². The van der Waals surface area contributed by atoms with Crippen molar-refractivity contribution in [2.75, 3.05) is 7.11 Å². The van der Waals surface area contributed by atoms with Gasteiger partial charge in [-0.3, -0.25) is 0 Å². The van der Waals surface area contributed by atoms with E-state index >= 15 is 57.1 Å². The molecule has 2 atom stereocenters. The Morgan fingerprint density at radius 3 is 1.03 bits per heavy atom. The Labute approximate surface area is 392 Å². The molecule has 8 bridgehead atoms. The van der Waals surface area contributed by atoms with E-state index in [1.807, 2.05) is 0 Å². The third kappa shape index (κ3) is 6.72. The van der Waals surface area contributed by atoms with Crippen molar-refractivity contribution in [3.05, 3.63) is 158 Å². The van der Waals surface area contributed by atoms with E-state index in [0.717, 1.165) is 7.11 Å². The topological polar surface area (TPSA) is 72.4 Å². The van der Waals surface area contributed by atoms with Crippen LogP contribution in [0.4, 0.5) is 83.4 Å². The van der Waals surface area contributed by atoms with Gasteiger partial charge in [0.05, 0.1) is 45.0 Å². The molecule has 4 aromatic carbocycles. The quantitative estimate of drug-likeness (QED) is 0.0757. The van der Waals surface area contributed by atoms with Crippen LogP contribution in [0.15, 0.2) is 24.3 Å². The van der Waals surface area contributed by atoms with E-state index in [1.165, 1.54) is 0 Å². The van der Waals surface area contributed by atoms with Gasteiger partial charge in [0.1, 0.15) is 6.10 Å². The van der Waals surface area contributed by atoms with Crippen molar-refractivity contribution in [2.24, 2.45) is 0 Å². The SMILES string of the molecule is CO[C@H]1c2nc3c(c4ccc([n-]4)c(-c4c(F)c(F)c(F)c(F)c4F)c4nc(c(-c5c(F)c(F)c(F)c(F)c5F)c5ccc([n-]5)c2-c2c(F)c(F)c(F)c(F)c2F)C=C4)-c2c(F)c(F)c(F)c(F)c2O[C@H]31.[Zn+2]. The molecule has 3 aliphatic rings. The molecule has 26 heteroatoms. The van der Waals surface area contributed by atoms with Crippen molar-refractivity contribution in [3.63, 3.8) is 0 Å². The minimum atomic E-state index is -2.73. The van der Waals surface area contributed by atoms with Crippen molar-refractivity contribution in [2.45, 2.75) is 12.2 Å². The monoisotopic (exact) mass is 1060 g/mol. The molecular weight excluding hydrogens is 1050 g/mol. The van der Waals surface area contributed by atoms with Crippen LogP contribution in [0.5, 0.6) is 5.75 Å². The zero-order chi connectivity index (χ0) is 50.4. The van der Waals surface area contributed by atoms with Gasteiger partial charge in [0.25, 0.3) is 0 Å². The number of aromatic nitrogens is 4. The molecule has 71 heavy (non-hydrogen) atoms. The number of hydrogen-bond acceptors (Lipinski definition) is 4. The van der Waals surface area contributed by atoms with E-state index in [2.05, 4.69) is 19.9 Å². The summed E-state index contributed by atoms with van der Waals surface area (Å²) in [4.78, 5) is 16.2. The Kier molecular flexibility index (Phi) is 11.7. The van der Waals surface area contributed by atoms with Crippen LogP contribution in [0.1, 0.15) is 35.0 Å². The maximum atomic E-state index is 16.1. The van der Waals surface area contributed by atoms with E-state index in [0.29, 0.717) is 36.4 Å². The number of ether oxygens (including phenoxy) is 2. The molecule has 0 fully saturated rings. The van der Waals surface area contributed by atoms with Gasteiger partial charge < -0.3 is 19.4 Å². The molecule has 6 nitrogen and oxygen atoms in total. The number of halogens is 19. The van der Waals surface area contributed by atoms with Gasteiger partial charge >= 0.3 is 19.5 Å². The van der Waals surface area contributed by atoms with Crippen molar-refractivity contribution >= 4 is 34.2 Å². The maximum absolute atomic E-state index is 16.1. The molecule has 10 rings (SSSR count).